The quantitative estimate of drug-likeness (QED) is 0.765. The van der Waals surface area contributed by atoms with Crippen LogP contribution >= 0.6 is 11.3 Å². The van der Waals surface area contributed by atoms with Crippen molar-refractivity contribution in [1.29, 1.82) is 0 Å². The Morgan fingerprint density at radius 1 is 1.47 bits per heavy atom. The topological polar surface area (TPSA) is 47.8 Å². The Bertz CT molecular complexity index is 486. The molecule has 2 rings (SSSR count). The van der Waals surface area contributed by atoms with E-state index in [9.17, 15) is 4.79 Å². The summed E-state index contributed by atoms with van der Waals surface area (Å²) in [7, 11) is 0. The first-order valence-corrected chi connectivity index (χ1v) is 6.62. The number of rotatable bonds is 5. The number of thiazole rings is 1. The molecule has 0 radical (unpaired) electrons. The van der Waals surface area contributed by atoms with Crippen molar-refractivity contribution in [2.45, 2.75) is 32.7 Å². The van der Waals surface area contributed by atoms with Gasteiger partial charge in [0.15, 0.2) is 6.29 Å². The lowest BCUT2D eigenvalue weighted by molar-refractivity contribution is 0.112. The van der Waals surface area contributed by atoms with Crippen molar-refractivity contribution in [3.05, 3.63) is 23.3 Å². The molecule has 4 nitrogen and oxygen atoms in total. The van der Waals surface area contributed by atoms with Gasteiger partial charge in [-0.25, -0.2) is 4.98 Å². The molecule has 0 aliphatic heterocycles. The van der Waals surface area contributed by atoms with Crippen LogP contribution < -0.4 is 0 Å². The molecule has 0 bridgehead atoms. The van der Waals surface area contributed by atoms with Crippen molar-refractivity contribution in [2.24, 2.45) is 0 Å². The van der Waals surface area contributed by atoms with E-state index < -0.39 is 0 Å². The van der Waals surface area contributed by atoms with Crippen molar-refractivity contribution < 1.29 is 4.79 Å². The normalized spacial score (nSPS) is 11.0. The van der Waals surface area contributed by atoms with E-state index in [2.05, 4.69) is 23.9 Å². The molecule has 2 aromatic rings. The van der Waals surface area contributed by atoms with E-state index in [0.29, 0.717) is 17.3 Å². The number of hydrogen-bond acceptors (Lipinski definition) is 4. The number of hydrogen-bond donors (Lipinski definition) is 0. The van der Waals surface area contributed by atoms with Crippen LogP contribution in [0.4, 0.5) is 0 Å². The molecule has 0 atom stereocenters. The molecule has 5 heteroatoms. The second-order valence-corrected chi connectivity index (χ2v) is 4.73. The highest BCUT2D eigenvalue weighted by Gasteiger charge is 2.16. The van der Waals surface area contributed by atoms with Gasteiger partial charge in [-0.05, 0) is 12.8 Å². The van der Waals surface area contributed by atoms with E-state index in [4.69, 9.17) is 0 Å². The number of carbonyl (C=O) groups excluding carboxylic acids is 1. The minimum absolute atomic E-state index is 0.349. The van der Waals surface area contributed by atoms with E-state index in [-0.39, 0.29) is 0 Å². The summed E-state index contributed by atoms with van der Waals surface area (Å²) in [6.45, 7) is 4.25. The summed E-state index contributed by atoms with van der Waals surface area (Å²) in [6.07, 6.45) is 6.41. The van der Waals surface area contributed by atoms with Crippen LogP contribution in [0, 0.1) is 0 Å². The van der Waals surface area contributed by atoms with Gasteiger partial charge in [0.2, 0.25) is 0 Å². The Balaban J connectivity index is 2.43. The zero-order chi connectivity index (χ0) is 12.3. The highest BCUT2D eigenvalue weighted by molar-refractivity contribution is 7.13. The fourth-order valence-electron chi connectivity index (χ4n) is 1.85. The maximum atomic E-state index is 11.1. The molecule has 0 aliphatic rings. The molecular formula is C12H15N3OS. The summed E-state index contributed by atoms with van der Waals surface area (Å²) in [6, 6.07) is 0.349. The van der Waals surface area contributed by atoms with Gasteiger partial charge in [-0.15, -0.1) is 11.3 Å². The average Bonchev–Trinajstić information content (AvgIpc) is 2.98. The van der Waals surface area contributed by atoms with E-state index in [1.165, 1.54) is 11.3 Å². The van der Waals surface area contributed by atoms with Gasteiger partial charge in [0.25, 0.3) is 0 Å². The van der Waals surface area contributed by atoms with Crippen LogP contribution in [0.5, 0.6) is 0 Å². The molecule has 0 saturated carbocycles. The molecule has 0 amide bonds. The lowest BCUT2D eigenvalue weighted by atomic mass is 10.2. The van der Waals surface area contributed by atoms with Gasteiger partial charge in [0.1, 0.15) is 10.7 Å². The molecule has 2 heterocycles. The smallest absolute Gasteiger partial charge is 0.153 e. The molecule has 0 saturated heterocycles. The van der Waals surface area contributed by atoms with Crippen molar-refractivity contribution in [1.82, 2.24) is 14.8 Å². The van der Waals surface area contributed by atoms with Crippen LogP contribution in [-0.2, 0) is 0 Å². The standard InChI is InChI=1S/C12H15N3OS/c1-3-10(4-2)15-7-9(8-16)11(14-15)12-13-5-6-17-12/h5-8,10H,3-4H2,1-2H3. The van der Waals surface area contributed by atoms with Crippen molar-refractivity contribution >= 4 is 17.6 Å². The monoisotopic (exact) mass is 249 g/mol. The second-order valence-electron chi connectivity index (χ2n) is 3.84. The fourth-order valence-corrected chi connectivity index (χ4v) is 2.49. The predicted octanol–water partition coefficient (Wildman–Crippen LogP) is 3.18. The molecule has 0 spiro atoms. The number of carbonyl (C=O) groups is 1. The summed E-state index contributed by atoms with van der Waals surface area (Å²) in [5, 5.41) is 7.19. The molecule has 0 unspecified atom stereocenters. The SMILES string of the molecule is CCC(CC)n1cc(C=O)c(-c2nccs2)n1. The largest absolute Gasteiger partial charge is 0.298 e. The lowest BCUT2D eigenvalue weighted by Gasteiger charge is -2.12. The van der Waals surface area contributed by atoms with E-state index in [1.807, 2.05) is 16.3 Å². The third-order valence-electron chi connectivity index (χ3n) is 2.84. The van der Waals surface area contributed by atoms with Gasteiger partial charge in [0.05, 0.1) is 11.6 Å². The first kappa shape index (κ1) is 12.0. The summed E-state index contributed by atoms with van der Waals surface area (Å²) in [5.74, 6) is 0. The Kier molecular flexibility index (Phi) is 3.68. The van der Waals surface area contributed by atoms with Crippen LogP contribution in [0.2, 0.25) is 0 Å². The Labute approximate surface area is 104 Å². The van der Waals surface area contributed by atoms with Crippen LogP contribution in [0.25, 0.3) is 10.7 Å². The first-order valence-electron chi connectivity index (χ1n) is 5.74. The zero-order valence-electron chi connectivity index (χ0n) is 9.96. The van der Waals surface area contributed by atoms with Gasteiger partial charge in [-0.2, -0.15) is 5.10 Å². The minimum Gasteiger partial charge on any atom is -0.298 e. The molecule has 17 heavy (non-hydrogen) atoms. The van der Waals surface area contributed by atoms with Gasteiger partial charge < -0.3 is 0 Å². The molecular weight excluding hydrogens is 234 g/mol. The molecule has 0 N–H and O–H groups in total. The third-order valence-corrected chi connectivity index (χ3v) is 3.62. The number of aldehydes is 1. The van der Waals surface area contributed by atoms with Gasteiger partial charge >= 0.3 is 0 Å². The summed E-state index contributed by atoms with van der Waals surface area (Å²) < 4.78 is 1.89. The van der Waals surface area contributed by atoms with Gasteiger partial charge in [0, 0.05) is 17.8 Å². The van der Waals surface area contributed by atoms with Gasteiger partial charge in [-0.3, -0.25) is 9.48 Å². The number of aromatic nitrogens is 3. The van der Waals surface area contributed by atoms with Crippen molar-refractivity contribution in [3.8, 4) is 10.7 Å². The second kappa shape index (κ2) is 5.23. The lowest BCUT2D eigenvalue weighted by Crippen LogP contribution is -2.07. The Morgan fingerprint density at radius 2 is 2.24 bits per heavy atom. The maximum Gasteiger partial charge on any atom is 0.153 e. The summed E-state index contributed by atoms with van der Waals surface area (Å²) in [5.41, 5.74) is 1.31. The Morgan fingerprint density at radius 3 is 2.76 bits per heavy atom. The Hall–Kier alpha value is -1.49. The minimum atomic E-state index is 0.349. The van der Waals surface area contributed by atoms with Crippen molar-refractivity contribution in [2.75, 3.05) is 0 Å². The number of nitrogens with zero attached hydrogens (tertiary/aromatic N) is 3. The van der Waals surface area contributed by atoms with Crippen LogP contribution in [-0.4, -0.2) is 21.1 Å². The molecule has 0 aliphatic carbocycles. The summed E-state index contributed by atoms with van der Waals surface area (Å²) in [4.78, 5) is 15.3. The highest BCUT2D eigenvalue weighted by Crippen LogP contribution is 2.25. The summed E-state index contributed by atoms with van der Waals surface area (Å²) >= 11 is 1.50. The van der Waals surface area contributed by atoms with Crippen LogP contribution in [0.15, 0.2) is 17.8 Å². The van der Waals surface area contributed by atoms with Crippen LogP contribution in [0.1, 0.15) is 43.1 Å². The molecule has 0 aromatic carbocycles. The van der Waals surface area contributed by atoms with E-state index in [0.717, 1.165) is 24.1 Å². The van der Waals surface area contributed by atoms with E-state index >= 15 is 0 Å². The van der Waals surface area contributed by atoms with Crippen molar-refractivity contribution in [3.63, 3.8) is 0 Å². The molecule has 0 fully saturated rings. The average molecular weight is 249 g/mol. The molecule has 90 valence electrons. The highest BCUT2D eigenvalue weighted by atomic mass is 32.1. The van der Waals surface area contributed by atoms with Gasteiger partial charge in [-0.1, -0.05) is 13.8 Å². The van der Waals surface area contributed by atoms with Crippen LogP contribution in [0.3, 0.4) is 0 Å². The predicted molar refractivity (Wildman–Crippen MR) is 68.3 cm³/mol. The van der Waals surface area contributed by atoms with E-state index in [1.54, 1.807) is 6.20 Å². The molecule has 2 aromatic heterocycles. The first-order chi connectivity index (χ1) is 8.30. The fraction of sp³-hybridized carbons (Fsp3) is 0.417. The zero-order valence-corrected chi connectivity index (χ0v) is 10.8. The third kappa shape index (κ3) is 2.29. The maximum absolute atomic E-state index is 11.1.